The van der Waals surface area contributed by atoms with E-state index in [4.69, 9.17) is 11.6 Å². The molecule has 3 aromatic rings. The van der Waals surface area contributed by atoms with E-state index in [1.807, 2.05) is 23.6 Å². The van der Waals surface area contributed by atoms with E-state index in [1.54, 1.807) is 22.8 Å². The molecule has 1 fully saturated rings. The molecule has 4 nitrogen and oxygen atoms in total. The summed E-state index contributed by atoms with van der Waals surface area (Å²) in [4.78, 5) is 5.45. The second-order valence-corrected chi connectivity index (χ2v) is 7.95. The molecule has 4 rings (SSSR count). The van der Waals surface area contributed by atoms with Gasteiger partial charge in [-0.2, -0.15) is 4.98 Å². The van der Waals surface area contributed by atoms with Crippen molar-refractivity contribution in [1.29, 1.82) is 0 Å². The molecule has 0 amide bonds. The van der Waals surface area contributed by atoms with E-state index in [0.29, 0.717) is 30.0 Å². The Morgan fingerprint density at radius 1 is 1.48 bits per heavy atom. The van der Waals surface area contributed by atoms with Gasteiger partial charge in [0.2, 0.25) is 11.2 Å². The lowest BCUT2D eigenvalue weighted by Gasteiger charge is -2.09. The summed E-state index contributed by atoms with van der Waals surface area (Å²) in [7, 11) is 0. The van der Waals surface area contributed by atoms with E-state index in [0.717, 1.165) is 10.4 Å². The average Bonchev–Trinajstić information content (AvgIpc) is 3.33. The van der Waals surface area contributed by atoms with Gasteiger partial charge in [-0.25, -0.2) is 13.3 Å². The van der Waals surface area contributed by atoms with Gasteiger partial charge < -0.3 is 5.32 Å². The smallest absolute Gasteiger partial charge is 0.248 e. The minimum absolute atomic E-state index is 0.0780. The van der Waals surface area contributed by atoms with Crippen molar-refractivity contribution in [2.45, 2.75) is 44.6 Å². The molecule has 8 heteroatoms. The Balaban J connectivity index is 1.78. The zero-order valence-electron chi connectivity index (χ0n) is 14.6. The van der Waals surface area contributed by atoms with Crippen molar-refractivity contribution in [3.63, 3.8) is 0 Å². The van der Waals surface area contributed by atoms with Crippen LogP contribution in [0.5, 0.6) is 0 Å². The number of anilines is 1. The van der Waals surface area contributed by atoms with Gasteiger partial charge in [0, 0.05) is 17.7 Å². The Labute approximate surface area is 164 Å². The first-order valence-electron chi connectivity index (χ1n) is 8.63. The Hall–Kier alpha value is -2.17. The molecule has 1 saturated carbocycles. The largest absolute Gasteiger partial charge is 0.363 e. The van der Waals surface area contributed by atoms with Crippen LogP contribution >= 0.6 is 22.9 Å². The minimum atomic E-state index is -2.63. The van der Waals surface area contributed by atoms with Gasteiger partial charge >= 0.3 is 0 Å². The van der Waals surface area contributed by atoms with Crippen molar-refractivity contribution in [1.82, 2.24) is 14.6 Å². The number of nitrogens with one attached hydrogen (secondary N) is 1. The molecule has 0 aliphatic heterocycles. The van der Waals surface area contributed by atoms with Crippen LogP contribution in [-0.2, 0) is 6.54 Å². The maximum absolute atomic E-state index is 13.8. The monoisotopic (exact) mass is 406 g/mol. The van der Waals surface area contributed by atoms with E-state index >= 15 is 0 Å². The Morgan fingerprint density at radius 3 is 3.00 bits per heavy atom. The van der Waals surface area contributed by atoms with Gasteiger partial charge in [-0.05, 0) is 59.9 Å². The van der Waals surface area contributed by atoms with Gasteiger partial charge in [0.15, 0.2) is 5.82 Å². The molecule has 27 heavy (non-hydrogen) atoms. The van der Waals surface area contributed by atoms with Gasteiger partial charge in [-0.15, -0.1) is 16.4 Å². The number of hydrogen-bond donors (Lipinski definition) is 1. The third kappa shape index (κ3) is 3.64. The minimum Gasteiger partial charge on any atom is -0.363 e. The standard InChI is InChI=1S/C19H17ClF2N4S/c1-2-4-15-14(12-6-7-19(21,22)10-12)9-16-17(24-18(20)25-26(15)16)23-11-13-5-3-8-27-13/h3,5,8-9,12H,6-7,10-11H2,1H3,(H,23,24,25). The molecule has 1 aliphatic carbocycles. The van der Waals surface area contributed by atoms with E-state index < -0.39 is 5.92 Å². The molecule has 1 aliphatic rings. The van der Waals surface area contributed by atoms with Gasteiger partial charge in [0.25, 0.3) is 0 Å². The van der Waals surface area contributed by atoms with Crippen LogP contribution in [0.15, 0.2) is 23.6 Å². The summed E-state index contributed by atoms with van der Waals surface area (Å²) in [6.07, 6.45) is 0.168. The maximum atomic E-state index is 13.8. The second-order valence-electron chi connectivity index (χ2n) is 6.58. The molecule has 1 atom stereocenters. The lowest BCUT2D eigenvalue weighted by Crippen LogP contribution is -2.09. The third-order valence-electron chi connectivity index (χ3n) is 4.73. The van der Waals surface area contributed by atoms with Gasteiger partial charge in [-0.3, -0.25) is 0 Å². The van der Waals surface area contributed by atoms with Gasteiger partial charge in [0.05, 0.1) is 6.54 Å². The van der Waals surface area contributed by atoms with Crippen molar-refractivity contribution in [2.75, 3.05) is 5.32 Å². The molecule has 1 N–H and O–H groups in total. The molecule has 0 aromatic carbocycles. The maximum Gasteiger partial charge on any atom is 0.248 e. The summed E-state index contributed by atoms with van der Waals surface area (Å²) >= 11 is 7.76. The summed E-state index contributed by atoms with van der Waals surface area (Å²) < 4.78 is 29.2. The molecule has 1 unspecified atom stereocenters. The number of fused-ring (bicyclic) bond motifs is 1. The molecule has 0 saturated heterocycles. The van der Waals surface area contributed by atoms with Crippen LogP contribution < -0.4 is 5.32 Å². The van der Waals surface area contributed by atoms with E-state index in [9.17, 15) is 8.78 Å². The van der Waals surface area contributed by atoms with Crippen molar-refractivity contribution >= 4 is 34.3 Å². The third-order valence-corrected chi connectivity index (χ3v) is 5.77. The van der Waals surface area contributed by atoms with Crippen molar-refractivity contribution in [3.8, 4) is 11.8 Å². The zero-order chi connectivity index (χ0) is 19.0. The van der Waals surface area contributed by atoms with Crippen LogP contribution in [0.1, 0.15) is 48.2 Å². The van der Waals surface area contributed by atoms with Gasteiger partial charge in [0.1, 0.15) is 11.2 Å². The first-order chi connectivity index (χ1) is 13.0. The fourth-order valence-electron chi connectivity index (χ4n) is 3.53. The SMILES string of the molecule is CC#Cc1c(C2CCC(F)(F)C2)cc2c(NCc3cccs3)nc(Cl)nn12. The highest BCUT2D eigenvalue weighted by molar-refractivity contribution is 7.09. The summed E-state index contributed by atoms with van der Waals surface area (Å²) in [6, 6.07) is 5.88. The summed E-state index contributed by atoms with van der Waals surface area (Å²) in [5.41, 5.74) is 2.09. The highest BCUT2D eigenvalue weighted by Crippen LogP contribution is 2.45. The number of aromatic nitrogens is 3. The van der Waals surface area contributed by atoms with Crippen LogP contribution in [0.2, 0.25) is 5.28 Å². The van der Waals surface area contributed by atoms with E-state index in [2.05, 4.69) is 27.2 Å². The molecule has 0 bridgehead atoms. The van der Waals surface area contributed by atoms with E-state index in [1.165, 1.54) is 0 Å². The Morgan fingerprint density at radius 2 is 2.33 bits per heavy atom. The van der Waals surface area contributed by atoms with Crippen LogP contribution in [0.4, 0.5) is 14.6 Å². The number of alkyl halides is 2. The molecule has 3 aromatic heterocycles. The van der Waals surface area contributed by atoms with Crippen molar-refractivity contribution in [3.05, 3.63) is 45.0 Å². The number of nitrogens with zero attached hydrogens (tertiary/aromatic N) is 3. The normalized spacial score (nSPS) is 18.4. The van der Waals surface area contributed by atoms with Crippen molar-refractivity contribution in [2.24, 2.45) is 0 Å². The van der Waals surface area contributed by atoms with E-state index in [-0.39, 0.29) is 24.0 Å². The molecule has 0 radical (unpaired) electrons. The Kier molecular flexibility index (Phi) is 4.79. The lowest BCUT2D eigenvalue weighted by molar-refractivity contribution is 0.00776. The number of hydrogen-bond acceptors (Lipinski definition) is 4. The second kappa shape index (κ2) is 7.10. The first kappa shape index (κ1) is 18.2. The Bertz CT molecular complexity index is 1030. The summed E-state index contributed by atoms with van der Waals surface area (Å²) in [5, 5.41) is 9.63. The highest BCUT2D eigenvalue weighted by Gasteiger charge is 2.41. The average molecular weight is 407 g/mol. The number of halogens is 3. The molecular formula is C19H17ClF2N4S. The van der Waals surface area contributed by atoms with Gasteiger partial charge in [-0.1, -0.05) is 12.0 Å². The van der Waals surface area contributed by atoms with Crippen LogP contribution in [0.3, 0.4) is 0 Å². The topological polar surface area (TPSA) is 42.2 Å². The van der Waals surface area contributed by atoms with Crippen LogP contribution in [-0.4, -0.2) is 20.5 Å². The van der Waals surface area contributed by atoms with Crippen LogP contribution in [0.25, 0.3) is 5.52 Å². The molecule has 3 heterocycles. The fraction of sp³-hybridized carbons (Fsp3) is 0.368. The lowest BCUT2D eigenvalue weighted by atomic mass is 9.97. The number of thiophene rings is 1. The molecular weight excluding hydrogens is 390 g/mol. The fourth-order valence-corrected chi connectivity index (χ4v) is 4.34. The molecule has 0 spiro atoms. The van der Waals surface area contributed by atoms with Crippen LogP contribution in [0, 0.1) is 11.8 Å². The highest BCUT2D eigenvalue weighted by atomic mass is 35.5. The van der Waals surface area contributed by atoms with Crippen molar-refractivity contribution < 1.29 is 8.78 Å². The molecule has 140 valence electrons. The first-order valence-corrected chi connectivity index (χ1v) is 9.88. The number of rotatable bonds is 4. The predicted octanol–water partition coefficient (Wildman–Crippen LogP) is 5.33. The summed E-state index contributed by atoms with van der Waals surface area (Å²) in [5.74, 6) is 3.57. The quantitative estimate of drug-likeness (QED) is 0.595. The summed E-state index contributed by atoms with van der Waals surface area (Å²) in [6.45, 7) is 2.31. The predicted molar refractivity (Wildman–Crippen MR) is 104 cm³/mol. The zero-order valence-corrected chi connectivity index (χ0v) is 16.2.